The zero-order valence-corrected chi connectivity index (χ0v) is 19.3. The number of nitrogens with zero attached hydrogens (tertiary/aromatic N) is 3. The van der Waals surface area contributed by atoms with E-state index in [-0.39, 0.29) is 24.3 Å². The molecule has 2 fully saturated rings. The van der Waals surface area contributed by atoms with E-state index in [4.69, 9.17) is 0 Å². The summed E-state index contributed by atoms with van der Waals surface area (Å²) in [6.07, 6.45) is 8.02. The normalized spacial score (nSPS) is 23.9. The van der Waals surface area contributed by atoms with Gasteiger partial charge in [0.05, 0.1) is 5.56 Å². The Labute approximate surface area is 198 Å². The predicted octanol–water partition coefficient (Wildman–Crippen LogP) is 5.91. The molecule has 4 rings (SSSR count). The van der Waals surface area contributed by atoms with Gasteiger partial charge in [0.25, 0.3) is 0 Å². The molecule has 2 aromatic rings. The van der Waals surface area contributed by atoms with Crippen LogP contribution in [0, 0.1) is 11.8 Å². The smallest absolute Gasteiger partial charge is 0.416 e. The van der Waals surface area contributed by atoms with Gasteiger partial charge in [-0.05, 0) is 67.6 Å². The van der Waals surface area contributed by atoms with E-state index in [0.29, 0.717) is 18.9 Å². The average molecular weight is 476 g/mol. The minimum atomic E-state index is -4.38. The number of benzene rings is 1. The minimum absolute atomic E-state index is 0.0218. The van der Waals surface area contributed by atoms with Crippen LogP contribution in [0.1, 0.15) is 74.0 Å². The van der Waals surface area contributed by atoms with Gasteiger partial charge in [-0.15, -0.1) is 0 Å². The van der Waals surface area contributed by atoms with Crippen molar-refractivity contribution in [3.63, 3.8) is 0 Å². The van der Waals surface area contributed by atoms with Gasteiger partial charge in [0.1, 0.15) is 6.33 Å². The molecule has 5 nitrogen and oxygen atoms in total. The number of rotatable bonds is 8. The molecule has 1 heterocycles. The third-order valence-electron chi connectivity index (χ3n) is 7.49. The van der Waals surface area contributed by atoms with Gasteiger partial charge in [0, 0.05) is 43.5 Å². The molecule has 1 aromatic carbocycles. The Kier molecular flexibility index (Phi) is 7.86. The van der Waals surface area contributed by atoms with E-state index in [1.807, 2.05) is 12.4 Å². The topological polar surface area (TPSA) is 66.3 Å². The molecule has 0 amide bonds. The first-order chi connectivity index (χ1) is 16.3. The first kappa shape index (κ1) is 24.6. The van der Waals surface area contributed by atoms with Crippen molar-refractivity contribution in [2.45, 2.75) is 76.0 Å². The highest BCUT2D eigenvalue weighted by atomic mass is 19.4. The lowest BCUT2D eigenvalue weighted by molar-refractivity contribution is -0.139. The van der Waals surface area contributed by atoms with Crippen molar-refractivity contribution in [2.75, 3.05) is 6.54 Å². The van der Waals surface area contributed by atoms with Crippen molar-refractivity contribution in [3.05, 3.63) is 59.7 Å². The van der Waals surface area contributed by atoms with Crippen LogP contribution in [0.2, 0.25) is 0 Å². The third-order valence-corrected chi connectivity index (χ3v) is 7.49. The van der Waals surface area contributed by atoms with Crippen molar-refractivity contribution in [3.8, 4) is 0 Å². The molecule has 2 aliphatic carbocycles. The molecule has 0 unspecified atom stereocenters. The lowest BCUT2D eigenvalue weighted by Gasteiger charge is -2.43. The highest BCUT2D eigenvalue weighted by molar-refractivity contribution is 5.67. The van der Waals surface area contributed by atoms with Gasteiger partial charge in [-0.2, -0.15) is 13.2 Å². The van der Waals surface area contributed by atoms with Crippen LogP contribution in [0.4, 0.5) is 13.2 Å². The second-order valence-corrected chi connectivity index (χ2v) is 9.90. The van der Waals surface area contributed by atoms with Gasteiger partial charge < -0.3 is 5.11 Å². The fraction of sp³-hybridized carbons (Fsp3) is 0.577. The quantitative estimate of drug-likeness (QED) is 0.514. The Morgan fingerprint density at radius 1 is 1.00 bits per heavy atom. The van der Waals surface area contributed by atoms with Crippen LogP contribution >= 0.6 is 0 Å². The van der Waals surface area contributed by atoms with Gasteiger partial charge in [-0.25, -0.2) is 9.97 Å². The number of aromatic nitrogens is 2. The van der Waals surface area contributed by atoms with Gasteiger partial charge in [-0.1, -0.05) is 25.0 Å². The van der Waals surface area contributed by atoms with Crippen LogP contribution in [0.3, 0.4) is 0 Å². The highest BCUT2D eigenvalue weighted by Gasteiger charge is 2.38. The van der Waals surface area contributed by atoms with Crippen LogP contribution in [0.15, 0.2) is 43.0 Å². The number of carbonyl (C=O) groups is 1. The molecule has 0 spiro atoms. The van der Waals surface area contributed by atoms with Crippen molar-refractivity contribution in [1.29, 1.82) is 0 Å². The number of carboxylic acid groups (broad SMARTS) is 1. The van der Waals surface area contributed by atoms with Crippen LogP contribution in [-0.4, -0.2) is 38.5 Å². The fourth-order valence-electron chi connectivity index (χ4n) is 5.88. The highest BCUT2D eigenvalue weighted by Crippen LogP contribution is 2.42. The summed E-state index contributed by atoms with van der Waals surface area (Å²) in [7, 11) is 0. The van der Waals surface area contributed by atoms with Gasteiger partial charge >= 0.3 is 12.1 Å². The standard InChI is InChI=1S/C26H32F3N3O2/c27-26(28,29)22-8-6-21(7-9-22)23-11-19(12-25(33)34)5-10-24(23)32(15-18-3-1-2-4-18)16-20-13-30-17-31-14-20/h6-9,13-14,17-19,23-24H,1-5,10-12,15-16H2,(H,33,34)/t19-,23+,24-/m1/s1. The predicted molar refractivity (Wildman–Crippen MR) is 122 cm³/mol. The Morgan fingerprint density at radius 2 is 1.68 bits per heavy atom. The maximum absolute atomic E-state index is 13.2. The summed E-state index contributed by atoms with van der Waals surface area (Å²) < 4.78 is 39.5. The summed E-state index contributed by atoms with van der Waals surface area (Å²) in [5.41, 5.74) is 1.21. The van der Waals surface area contributed by atoms with E-state index in [9.17, 15) is 23.1 Å². The molecule has 1 N–H and O–H groups in total. The van der Waals surface area contributed by atoms with Gasteiger partial charge in [-0.3, -0.25) is 9.69 Å². The molecule has 3 atom stereocenters. The zero-order valence-electron chi connectivity index (χ0n) is 19.3. The summed E-state index contributed by atoms with van der Waals surface area (Å²) in [4.78, 5) is 22.2. The van der Waals surface area contributed by atoms with Crippen molar-refractivity contribution in [2.24, 2.45) is 11.8 Å². The maximum atomic E-state index is 13.2. The first-order valence-corrected chi connectivity index (χ1v) is 12.2. The number of alkyl halides is 3. The summed E-state index contributed by atoms with van der Waals surface area (Å²) in [6.45, 7) is 1.61. The number of hydrogen-bond donors (Lipinski definition) is 1. The summed E-state index contributed by atoms with van der Waals surface area (Å²) in [5, 5.41) is 9.36. The maximum Gasteiger partial charge on any atom is 0.416 e. The molecular formula is C26H32F3N3O2. The van der Waals surface area contributed by atoms with Crippen LogP contribution in [0.5, 0.6) is 0 Å². The number of carboxylic acids is 1. The molecule has 2 saturated carbocycles. The van der Waals surface area contributed by atoms with E-state index >= 15 is 0 Å². The van der Waals surface area contributed by atoms with E-state index < -0.39 is 17.7 Å². The Bertz CT molecular complexity index is 931. The number of halogens is 3. The van der Waals surface area contributed by atoms with E-state index in [1.165, 1.54) is 32.0 Å². The number of aliphatic carboxylic acids is 1. The molecular weight excluding hydrogens is 443 g/mol. The SMILES string of the molecule is O=C(O)C[C@@H]1CC[C@@H](N(Cc2cncnc2)CC2CCCC2)[C@H](c2ccc(C(F)(F)F)cc2)C1. The van der Waals surface area contributed by atoms with E-state index in [2.05, 4.69) is 14.9 Å². The van der Waals surface area contributed by atoms with Crippen LogP contribution in [0.25, 0.3) is 0 Å². The molecule has 184 valence electrons. The lowest BCUT2D eigenvalue weighted by atomic mass is 9.72. The van der Waals surface area contributed by atoms with Crippen LogP contribution < -0.4 is 0 Å². The summed E-state index contributed by atoms with van der Waals surface area (Å²) in [6, 6.07) is 5.60. The Hall–Kier alpha value is -2.48. The summed E-state index contributed by atoms with van der Waals surface area (Å²) in [5.74, 6) is -0.214. The first-order valence-electron chi connectivity index (χ1n) is 12.2. The molecule has 0 aliphatic heterocycles. The number of hydrogen-bond acceptors (Lipinski definition) is 4. The third kappa shape index (κ3) is 6.34. The molecule has 0 bridgehead atoms. The van der Waals surface area contributed by atoms with Crippen molar-refractivity contribution >= 4 is 5.97 Å². The monoisotopic (exact) mass is 475 g/mol. The minimum Gasteiger partial charge on any atom is -0.481 e. The molecule has 34 heavy (non-hydrogen) atoms. The summed E-state index contributed by atoms with van der Waals surface area (Å²) >= 11 is 0. The molecule has 1 aromatic heterocycles. The molecule has 0 saturated heterocycles. The van der Waals surface area contributed by atoms with Gasteiger partial charge in [0.2, 0.25) is 0 Å². The van der Waals surface area contributed by atoms with E-state index in [0.717, 1.165) is 42.6 Å². The van der Waals surface area contributed by atoms with Crippen LogP contribution in [-0.2, 0) is 17.5 Å². The largest absolute Gasteiger partial charge is 0.481 e. The Balaban J connectivity index is 1.62. The second-order valence-electron chi connectivity index (χ2n) is 9.90. The fourth-order valence-corrected chi connectivity index (χ4v) is 5.88. The lowest BCUT2D eigenvalue weighted by Crippen LogP contribution is -2.44. The van der Waals surface area contributed by atoms with Gasteiger partial charge in [0.15, 0.2) is 0 Å². The zero-order chi connectivity index (χ0) is 24.1. The Morgan fingerprint density at radius 3 is 2.29 bits per heavy atom. The van der Waals surface area contributed by atoms with Crippen molar-refractivity contribution < 1.29 is 23.1 Å². The van der Waals surface area contributed by atoms with Crippen molar-refractivity contribution in [1.82, 2.24) is 14.9 Å². The molecule has 2 aliphatic rings. The average Bonchev–Trinajstić information content (AvgIpc) is 3.32. The van der Waals surface area contributed by atoms with E-state index in [1.54, 1.807) is 12.1 Å². The molecule has 8 heteroatoms. The molecule has 0 radical (unpaired) electrons. The second kappa shape index (κ2) is 10.8.